The lowest BCUT2D eigenvalue weighted by Gasteiger charge is -2.22. The van der Waals surface area contributed by atoms with Gasteiger partial charge in [-0.3, -0.25) is 4.79 Å². The molecule has 1 aliphatic rings. The third-order valence-electron chi connectivity index (χ3n) is 5.09. The molecule has 0 radical (unpaired) electrons. The number of benzene rings is 2. The van der Waals surface area contributed by atoms with Gasteiger partial charge in [-0.2, -0.15) is 4.31 Å². The number of hydrogen-bond donors (Lipinski definition) is 1. The normalized spacial score (nSPS) is 13.9. The molecule has 1 aromatic heterocycles. The Balaban J connectivity index is 1.60. The van der Waals surface area contributed by atoms with Crippen LogP contribution in [0.1, 0.15) is 34.5 Å². The second-order valence-corrected chi connectivity index (χ2v) is 9.35. The minimum absolute atomic E-state index is 0.0668. The van der Waals surface area contributed by atoms with Crippen LogP contribution in [0.15, 0.2) is 76.2 Å². The summed E-state index contributed by atoms with van der Waals surface area (Å²) in [5.74, 6) is 0.695. The van der Waals surface area contributed by atoms with Crippen molar-refractivity contribution < 1.29 is 22.4 Å². The van der Waals surface area contributed by atoms with E-state index in [-0.39, 0.29) is 35.7 Å². The number of nitrogens with zero attached hydrogens (tertiary/aromatic N) is 1. The zero-order valence-electron chi connectivity index (χ0n) is 17.2. The van der Waals surface area contributed by atoms with Crippen LogP contribution in [0, 0.1) is 0 Å². The molecule has 162 valence electrons. The second kappa shape index (κ2) is 8.95. The van der Waals surface area contributed by atoms with E-state index in [0.29, 0.717) is 11.3 Å². The largest absolute Gasteiger partial charge is 0.495 e. The number of carbonyl (C=O) groups excluding carboxylic acids is 1. The van der Waals surface area contributed by atoms with Crippen LogP contribution < -0.4 is 10.1 Å². The van der Waals surface area contributed by atoms with Crippen molar-refractivity contribution in [2.24, 2.45) is 0 Å². The fourth-order valence-electron chi connectivity index (χ4n) is 3.23. The minimum atomic E-state index is -3.88. The fraction of sp³-hybridized carbons (Fsp3) is 0.261. The van der Waals surface area contributed by atoms with Crippen LogP contribution in [0.2, 0.25) is 0 Å². The smallest absolute Gasteiger partial charge is 0.251 e. The van der Waals surface area contributed by atoms with E-state index >= 15 is 0 Å². The number of methoxy groups -OCH3 is 1. The number of sulfonamides is 1. The summed E-state index contributed by atoms with van der Waals surface area (Å²) in [4.78, 5) is 12.3. The molecule has 2 aromatic carbocycles. The van der Waals surface area contributed by atoms with Crippen molar-refractivity contribution >= 4 is 15.9 Å². The van der Waals surface area contributed by atoms with Gasteiger partial charge in [0.1, 0.15) is 16.4 Å². The summed E-state index contributed by atoms with van der Waals surface area (Å²) in [5, 5.41) is 2.95. The Morgan fingerprint density at radius 1 is 1.06 bits per heavy atom. The molecular formula is C23H24N2O5S. The van der Waals surface area contributed by atoms with Gasteiger partial charge >= 0.3 is 0 Å². The Bertz CT molecular complexity index is 1140. The van der Waals surface area contributed by atoms with Gasteiger partial charge in [0.15, 0.2) is 0 Å². The zero-order valence-corrected chi connectivity index (χ0v) is 18.0. The number of hydrogen-bond acceptors (Lipinski definition) is 5. The standard InChI is InChI=1S/C23H24N2O5S/c1-29-21-6-2-3-7-22(21)31(27,28)25(16-20-5-4-14-30-20)15-17-8-10-18(11-9-17)23(26)24-19-12-13-19/h2-11,14,19H,12-13,15-16H2,1H3,(H,24,26). The lowest BCUT2D eigenvalue weighted by molar-refractivity contribution is 0.0951. The lowest BCUT2D eigenvalue weighted by Crippen LogP contribution is -2.30. The highest BCUT2D eigenvalue weighted by atomic mass is 32.2. The molecule has 4 rings (SSSR count). The van der Waals surface area contributed by atoms with E-state index in [4.69, 9.17) is 9.15 Å². The number of carbonyl (C=O) groups is 1. The number of amides is 1. The Hall–Kier alpha value is -3.10. The molecule has 1 amide bonds. The summed E-state index contributed by atoms with van der Waals surface area (Å²) in [5.41, 5.74) is 1.31. The van der Waals surface area contributed by atoms with Crippen LogP contribution in [0.25, 0.3) is 0 Å². The molecule has 7 nitrogen and oxygen atoms in total. The molecule has 1 heterocycles. The summed E-state index contributed by atoms with van der Waals surface area (Å²) in [6.07, 6.45) is 3.55. The summed E-state index contributed by atoms with van der Waals surface area (Å²) in [6, 6.07) is 17.2. The highest BCUT2D eigenvalue weighted by Gasteiger charge is 2.29. The van der Waals surface area contributed by atoms with Gasteiger partial charge in [-0.15, -0.1) is 0 Å². The molecule has 0 unspecified atom stereocenters. The van der Waals surface area contributed by atoms with Crippen molar-refractivity contribution in [1.82, 2.24) is 9.62 Å². The number of rotatable bonds is 9. The Morgan fingerprint density at radius 3 is 2.45 bits per heavy atom. The van der Waals surface area contributed by atoms with Crippen molar-refractivity contribution in [3.8, 4) is 5.75 Å². The van der Waals surface area contributed by atoms with Gasteiger partial charge in [-0.25, -0.2) is 8.42 Å². The molecule has 0 atom stereocenters. The molecule has 0 aliphatic heterocycles. The first kappa shape index (κ1) is 21.1. The van der Waals surface area contributed by atoms with Crippen LogP contribution in [0.3, 0.4) is 0 Å². The van der Waals surface area contributed by atoms with Crippen molar-refractivity contribution in [2.75, 3.05) is 7.11 Å². The number of nitrogens with one attached hydrogen (secondary N) is 1. The molecule has 0 saturated heterocycles. The molecule has 31 heavy (non-hydrogen) atoms. The average molecular weight is 441 g/mol. The first-order valence-corrected chi connectivity index (χ1v) is 11.5. The summed E-state index contributed by atoms with van der Waals surface area (Å²) < 4.78 is 39.0. The molecular weight excluding hydrogens is 416 g/mol. The molecule has 1 aliphatic carbocycles. The highest BCUT2D eigenvalue weighted by Crippen LogP contribution is 2.28. The Morgan fingerprint density at radius 2 is 1.81 bits per heavy atom. The first-order chi connectivity index (χ1) is 15.0. The third-order valence-corrected chi connectivity index (χ3v) is 6.92. The van der Waals surface area contributed by atoms with E-state index < -0.39 is 10.0 Å². The fourth-order valence-corrected chi connectivity index (χ4v) is 4.79. The van der Waals surface area contributed by atoms with Gasteiger partial charge in [0.2, 0.25) is 10.0 Å². The van der Waals surface area contributed by atoms with Crippen LogP contribution in [0.5, 0.6) is 5.75 Å². The summed E-state index contributed by atoms with van der Waals surface area (Å²) in [7, 11) is -2.44. The molecule has 0 spiro atoms. The minimum Gasteiger partial charge on any atom is -0.495 e. The lowest BCUT2D eigenvalue weighted by atomic mass is 10.1. The third kappa shape index (κ3) is 4.98. The van der Waals surface area contributed by atoms with E-state index in [1.54, 1.807) is 54.6 Å². The molecule has 1 fully saturated rings. The van der Waals surface area contributed by atoms with Gasteiger partial charge in [-0.1, -0.05) is 24.3 Å². The summed E-state index contributed by atoms with van der Waals surface area (Å²) >= 11 is 0. The monoisotopic (exact) mass is 440 g/mol. The van der Waals surface area contributed by atoms with Crippen molar-refractivity contribution in [3.05, 3.63) is 83.8 Å². The van der Waals surface area contributed by atoms with E-state index in [1.165, 1.54) is 23.7 Å². The average Bonchev–Trinajstić information content (AvgIpc) is 3.44. The number of furan rings is 1. The predicted molar refractivity (Wildman–Crippen MR) is 115 cm³/mol. The maximum absolute atomic E-state index is 13.5. The second-order valence-electron chi connectivity index (χ2n) is 7.45. The molecule has 3 aromatic rings. The maximum atomic E-state index is 13.5. The summed E-state index contributed by atoms with van der Waals surface area (Å²) in [6.45, 7) is 0.183. The molecule has 0 bridgehead atoms. The molecule has 1 N–H and O–H groups in total. The van der Waals surface area contributed by atoms with E-state index in [1.807, 2.05) is 0 Å². The quantitative estimate of drug-likeness (QED) is 0.550. The predicted octanol–water partition coefficient (Wildman–Crippen LogP) is 3.57. The van der Waals surface area contributed by atoms with Crippen molar-refractivity contribution in [2.45, 2.75) is 36.9 Å². The van der Waals surface area contributed by atoms with Gasteiger partial charge < -0.3 is 14.5 Å². The number of ether oxygens (including phenoxy) is 1. The molecule has 8 heteroatoms. The Kier molecular flexibility index (Phi) is 6.11. The van der Waals surface area contributed by atoms with E-state index in [9.17, 15) is 13.2 Å². The zero-order chi connectivity index (χ0) is 21.8. The Labute approximate surface area is 181 Å². The van der Waals surface area contributed by atoms with Crippen molar-refractivity contribution in [3.63, 3.8) is 0 Å². The highest BCUT2D eigenvalue weighted by molar-refractivity contribution is 7.89. The number of para-hydroxylation sites is 1. The van der Waals surface area contributed by atoms with Crippen molar-refractivity contribution in [1.29, 1.82) is 0 Å². The SMILES string of the molecule is COc1ccccc1S(=O)(=O)N(Cc1ccc(C(=O)NC2CC2)cc1)Cc1ccco1. The molecule has 1 saturated carbocycles. The van der Waals surface area contributed by atoms with Gasteiger partial charge in [0, 0.05) is 18.2 Å². The van der Waals surface area contributed by atoms with Crippen LogP contribution in [0.4, 0.5) is 0 Å². The van der Waals surface area contributed by atoms with Crippen LogP contribution >= 0.6 is 0 Å². The van der Waals surface area contributed by atoms with Gasteiger partial charge in [0.25, 0.3) is 5.91 Å². The van der Waals surface area contributed by atoms with E-state index in [2.05, 4.69) is 5.32 Å². The van der Waals surface area contributed by atoms with Gasteiger partial charge in [0.05, 0.1) is 19.9 Å². The van der Waals surface area contributed by atoms with Gasteiger partial charge in [-0.05, 0) is 54.8 Å². The topological polar surface area (TPSA) is 88.9 Å². The van der Waals surface area contributed by atoms with Crippen LogP contribution in [-0.2, 0) is 23.1 Å². The maximum Gasteiger partial charge on any atom is 0.251 e. The van der Waals surface area contributed by atoms with Crippen LogP contribution in [-0.4, -0.2) is 31.8 Å². The van der Waals surface area contributed by atoms with E-state index in [0.717, 1.165) is 18.4 Å². The first-order valence-electron chi connectivity index (χ1n) is 10.0.